The molecular formula is C21H29N5O3. The van der Waals surface area contributed by atoms with E-state index in [9.17, 15) is 4.79 Å². The maximum atomic E-state index is 12.5. The lowest BCUT2D eigenvalue weighted by Crippen LogP contribution is -2.39. The highest BCUT2D eigenvalue weighted by Crippen LogP contribution is 2.17. The quantitative estimate of drug-likeness (QED) is 0.661. The number of carbonyl (C=O) groups is 1. The van der Waals surface area contributed by atoms with E-state index in [0.29, 0.717) is 30.3 Å². The van der Waals surface area contributed by atoms with Crippen LogP contribution in [0.3, 0.4) is 0 Å². The maximum Gasteiger partial charge on any atom is 0.270 e. The Balaban J connectivity index is 1.50. The van der Waals surface area contributed by atoms with Gasteiger partial charge in [0, 0.05) is 38.8 Å². The van der Waals surface area contributed by atoms with Crippen molar-refractivity contribution in [3.8, 4) is 5.75 Å². The van der Waals surface area contributed by atoms with E-state index in [1.54, 1.807) is 20.1 Å². The van der Waals surface area contributed by atoms with Crippen LogP contribution in [0.4, 0.5) is 5.82 Å². The lowest BCUT2D eigenvalue weighted by atomic mass is 10.1. The van der Waals surface area contributed by atoms with Gasteiger partial charge in [0.1, 0.15) is 23.1 Å². The van der Waals surface area contributed by atoms with Crippen molar-refractivity contribution in [2.75, 3.05) is 58.4 Å². The number of amides is 1. The van der Waals surface area contributed by atoms with E-state index >= 15 is 0 Å². The van der Waals surface area contributed by atoms with Crippen LogP contribution in [0.2, 0.25) is 0 Å². The minimum atomic E-state index is -0.207. The molecule has 1 aromatic heterocycles. The molecule has 8 heteroatoms. The molecule has 8 nitrogen and oxygen atoms in total. The first-order valence-corrected chi connectivity index (χ1v) is 9.95. The molecule has 29 heavy (non-hydrogen) atoms. The van der Waals surface area contributed by atoms with Crippen LogP contribution in [-0.2, 0) is 11.2 Å². The number of hydrogen-bond donors (Lipinski definition) is 2. The summed E-state index contributed by atoms with van der Waals surface area (Å²) in [4.78, 5) is 23.5. The molecule has 1 aliphatic rings. The van der Waals surface area contributed by atoms with Crippen LogP contribution in [0.1, 0.15) is 21.9 Å². The van der Waals surface area contributed by atoms with E-state index in [0.717, 1.165) is 50.7 Å². The molecule has 0 unspecified atom stereocenters. The zero-order valence-electron chi connectivity index (χ0n) is 17.1. The Kier molecular flexibility index (Phi) is 7.77. The van der Waals surface area contributed by atoms with Crippen LogP contribution < -0.4 is 15.4 Å². The van der Waals surface area contributed by atoms with Gasteiger partial charge >= 0.3 is 0 Å². The highest BCUT2D eigenvalue weighted by atomic mass is 16.5. The Labute approximate surface area is 171 Å². The van der Waals surface area contributed by atoms with E-state index in [2.05, 4.69) is 25.5 Å². The molecule has 0 spiro atoms. The number of ether oxygens (including phenoxy) is 2. The molecule has 156 valence electrons. The monoisotopic (exact) mass is 399 g/mol. The van der Waals surface area contributed by atoms with Gasteiger partial charge in [-0.15, -0.1) is 0 Å². The second kappa shape index (κ2) is 10.7. The highest BCUT2D eigenvalue weighted by molar-refractivity contribution is 5.92. The van der Waals surface area contributed by atoms with Crippen LogP contribution in [-0.4, -0.2) is 73.8 Å². The Morgan fingerprint density at radius 1 is 1.21 bits per heavy atom. The Morgan fingerprint density at radius 3 is 2.79 bits per heavy atom. The predicted octanol–water partition coefficient (Wildman–Crippen LogP) is 1.51. The summed E-state index contributed by atoms with van der Waals surface area (Å²) in [5.74, 6) is 1.85. The SMILES string of the molecule is COc1ccccc1CCNC(=O)c1cc(NCCN2CCOCC2)nc(C)n1. The second-order valence-electron chi connectivity index (χ2n) is 6.88. The van der Waals surface area contributed by atoms with Crippen LogP contribution in [0.25, 0.3) is 0 Å². The average molecular weight is 399 g/mol. The van der Waals surface area contributed by atoms with Gasteiger partial charge < -0.3 is 20.1 Å². The number of aromatic nitrogens is 2. The summed E-state index contributed by atoms with van der Waals surface area (Å²) >= 11 is 0. The molecule has 0 radical (unpaired) electrons. The largest absolute Gasteiger partial charge is 0.496 e. The number of rotatable bonds is 9. The first-order valence-electron chi connectivity index (χ1n) is 9.95. The van der Waals surface area contributed by atoms with Gasteiger partial charge in [-0.2, -0.15) is 0 Å². The first kappa shape index (κ1) is 21.0. The fourth-order valence-corrected chi connectivity index (χ4v) is 3.25. The number of benzene rings is 1. The summed E-state index contributed by atoms with van der Waals surface area (Å²) in [7, 11) is 1.65. The van der Waals surface area contributed by atoms with E-state index in [-0.39, 0.29) is 5.91 Å². The fraction of sp³-hybridized carbons (Fsp3) is 0.476. The lowest BCUT2D eigenvalue weighted by molar-refractivity contribution is 0.0398. The van der Waals surface area contributed by atoms with E-state index in [1.807, 2.05) is 24.3 Å². The molecule has 1 fully saturated rings. The third-order valence-corrected chi connectivity index (χ3v) is 4.78. The van der Waals surface area contributed by atoms with Crippen molar-refractivity contribution in [2.24, 2.45) is 0 Å². The molecule has 3 rings (SSSR count). The minimum Gasteiger partial charge on any atom is -0.496 e. The van der Waals surface area contributed by atoms with Gasteiger partial charge in [-0.05, 0) is 25.0 Å². The number of anilines is 1. The molecule has 0 saturated carbocycles. The zero-order chi connectivity index (χ0) is 20.5. The van der Waals surface area contributed by atoms with Crippen LogP contribution in [0.15, 0.2) is 30.3 Å². The van der Waals surface area contributed by atoms with Crippen molar-refractivity contribution in [2.45, 2.75) is 13.3 Å². The number of methoxy groups -OCH3 is 1. The number of morpholine rings is 1. The number of carbonyl (C=O) groups excluding carboxylic acids is 1. The van der Waals surface area contributed by atoms with Crippen molar-refractivity contribution in [1.29, 1.82) is 0 Å². The standard InChI is InChI=1S/C21H29N5O3/c1-16-24-18(15-20(25-16)22-9-10-26-11-13-29-14-12-26)21(27)23-8-7-17-5-3-4-6-19(17)28-2/h3-6,15H,7-14H2,1-2H3,(H,23,27)(H,22,24,25). The van der Waals surface area contributed by atoms with Gasteiger partial charge in [0.25, 0.3) is 5.91 Å². The van der Waals surface area contributed by atoms with Gasteiger partial charge in [0.2, 0.25) is 0 Å². The number of nitrogens with zero attached hydrogens (tertiary/aromatic N) is 3. The molecule has 0 aliphatic carbocycles. The van der Waals surface area contributed by atoms with Crippen molar-refractivity contribution in [3.05, 3.63) is 47.4 Å². The van der Waals surface area contributed by atoms with Gasteiger partial charge in [0.15, 0.2) is 0 Å². The summed E-state index contributed by atoms with van der Waals surface area (Å²) < 4.78 is 10.7. The molecule has 0 atom stereocenters. The third-order valence-electron chi connectivity index (χ3n) is 4.78. The molecule has 1 aromatic carbocycles. The summed E-state index contributed by atoms with van der Waals surface area (Å²) in [5.41, 5.74) is 1.42. The number of para-hydroxylation sites is 1. The van der Waals surface area contributed by atoms with Gasteiger partial charge in [-0.1, -0.05) is 18.2 Å². The predicted molar refractivity (Wildman–Crippen MR) is 112 cm³/mol. The molecule has 1 aliphatic heterocycles. The Hall–Kier alpha value is -2.71. The number of aryl methyl sites for hydroxylation is 1. The van der Waals surface area contributed by atoms with Gasteiger partial charge in [0.05, 0.1) is 20.3 Å². The molecule has 1 amide bonds. The summed E-state index contributed by atoms with van der Waals surface area (Å²) in [5, 5.41) is 6.22. The van der Waals surface area contributed by atoms with E-state index in [4.69, 9.17) is 9.47 Å². The Bertz CT molecular complexity index is 809. The fourth-order valence-electron chi connectivity index (χ4n) is 3.25. The minimum absolute atomic E-state index is 0.207. The molecular weight excluding hydrogens is 370 g/mol. The number of hydrogen-bond acceptors (Lipinski definition) is 7. The van der Waals surface area contributed by atoms with Crippen molar-refractivity contribution in [1.82, 2.24) is 20.2 Å². The summed E-state index contributed by atoms with van der Waals surface area (Å²) in [6, 6.07) is 9.50. The number of nitrogens with one attached hydrogen (secondary N) is 2. The third kappa shape index (κ3) is 6.40. The van der Waals surface area contributed by atoms with Crippen LogP contribution >= 0.6 is 0 Å². The van der Waals surface area contributed by atoms with Crippen molar-refractivity contribution < 1.29 is 14.3 Å². The van der Waals surface area contributed by atoms with Gasteiger partial charge in [-0.25, -0.2) is 9.97 Å². The van der Waals surface area contributed by atoms with Gasteiger partial charge in [-0.3, -0.25) is 9.69 Å². The average Bonchev–Trinajstić information content (AvgIpc) is 2.74. The second-order valence-corrected chi connectivity index (χ2v) is 6.88. The molecule has 2 N–H and O–H groups in total. The normalized spacial score (nSPS) is 14.4. The highest BCUT2D eigenvalue weighted by Gasteiger charge is 2.12. The van der Waals surface area contributed by atoms with Crippen molar-refractivity contribution in [3.63, 3.8) is 0 Å². The van der Waals surface area contributed by atoms with Crippen LogP contribution in [0.5, 0.6) is 5.75 Å². The van der Waals surface area contributed by atoms with Crippen molar-refractivity contribution >= 4 is 11.7 Å². The molecule has 0 bridgehead atoms. The Morgan fingerprint density at radius 2 is 2.00 bits per heavy atom. The summed E-state index contributed by atoms with van der Waals surface area (Å²) in [6.07, 6.45) is 0.685. The molecule has 2 aromatic rings. The smallest absolute Gasteiger partial charge is 0.270 e. The van der Waals surface area contributed by atoms with E-state index in [1.165, 1.54) is 0 Å². The lowest BCUT2D eigenvalue weighted by Gasteiger charge is -2.26. The molecule has 1 saturated heterocycles. The van der Waals surface area contributed by atoms with E-state index < -0.39 is 0 Å². The molecule has 2 heterocycles. The first-order chi connectivity index (χ1) is 14.2. The zero-order valence-corrected chi connectivity index (χ0v) is 17.1. The van der Waals surface area contributed by atoms with Crippen LogP contribution in [0, 0.1) is 6.92 Å². The summed E-state index contributed by atoms with van der Waals surface area (Å²) in [6.45, 7) is 7.42. The maximum absolute atomic E-state index is 12.5. The topological polar surface area (TPSA) is 88.6 Å².